The van der Waals surface area contributed by atoms with Crippen molar-refractivity contribution in [3.8, 4) is 11.3 Å². The number of rotatable bonds is 1. The van der Waals surface area contributed by atoms with Crippen LogP contribution in [-0.4, -0.2) is 15.2 Å². The lowest BCUT2D eigenvalue weighted by atomic mass is 10.0. The molecule has 2 aromatic heterocycles. The minimum Gasteiger partial charge on any atom is -0.360 e. The molecule has 4 heteroatoms. The molecule has 0 spiro atoms. The van der Waals surface area contributed by atoms with Crippen LogP contribution < -0.4 is 5.56 Å². The highest BCUT2D eigenvalue weighted by Crippen LogP contribution is 2.30. The Bertz CT molecular complexity index is 982. The van der Waals surface area contributed by atoms with E-state index < -0.39 is 0 Å². The summed E-state index contributed by atoms with van der Waals surface area (Å²) in [6, 6.07) is 15.6. The van der Waals surface area contributed by atoms with Gasteiger partial charge in [0.1, 0.15) is 5.69 Å². The minimum absolute atomic E-state index is 0.163. The fraction of sp³-hybridized carbons (Fsp3) is 0. The van der Waals surface area contributed by atoms with E-state index in [1.54, 1.807) is 0 Å². The van der Waals surface area contributed by atoms with Crippen LogP contribution in [0.5, 0.6) is 0 Å². The number of H-pyrrole nitrogens is 2. The molecule has 2 aromatic carbocycles. The van der Waals surface area contributed by atoms with Gasteiger partial charge in [-0.1, -0.05) is 36.4 Å². The van der Waals surface area contributed by atoms with E-state index in [-0.39, 0.29) is 5.56 Å². The number of aromatic amines is 2. The summed E-state index contributed by atoms with van der Waals surface area (Å²) in [5.41, 5.74) is 2.68. The zero-order valence-corrected chi connectivity index (χ0v) is 10.6. The maximum atomic E-state index is 11.8. The summed E-state index contributed by atoms with van der Waals surface area (Å²) >= 11 is 0. The number of hydrogen-bond acceptors (Lipinski definition) is 2. The van der Waals surface area contributed by atoms with Gasteiger partial charge >= 0.3 is 0 Å². The average Bonchev–Trinajstić information content (AvgIpc) is 2.92. The molecule has 20 heavy (non-hydrogen) atoms. The first kappa shape index (κ1) is 11.0. The lowest BCUT2D eigenvalue weighted by molar-refractivity contribution is 1.02. The predicted octanol–water partition coefficient (Wildman–Crippen LogP) is 3.07. The Balaban J connectivity index is 2.13. The predicted molar refractivity (Wildman–Crippen MR) is 79.7 cm³/mol. The summed E-state index contributed by atoms with van der Waals surface area (Å²) in [6.45, 7) is 0. The second-order valence-electron chi connectivity index (χ2n) is 4.69. The molecule has 0 unspecified atom stereocenters. The molecular weight excluding hydrogens is 250 g/mol. The number of aromatic nitrogens is 3. The van der Waals surface area contributed by atoms with Crippen LogP contribution in [0.3, 0.4) is 0 Å². The van der Waals surface area contributed by atoms with Gasteiger partial charge in [-0.25, -0.2) is 5.10 Å². The van der Waals surface area contributed by atoms with E-state index in [0.717, 1.165) is 27.5 Å². The normalized spacial score (nSPS) is 11.2. The molecule has 96 valence electrons. The van der Waals surface area contributed by atoms with Gasteiger partial charge in [-0.15, -0.1) is 0 Å². The fourth-order valence-electron chi connectivity index (χ4n) is 2.59. The Morgan fingerprint density at radius 3 is 2.40 bits per heavy atom. The van der Waals surface area contributed by atoms with E-state index in [2.05, 4.69) is 15.2 Å². The highest BCUT2D eigenvalue weighted by Gasteiger charge is 2.12. The maximum Gasteiger partial charge on any atom is 0.272 e. The van der Waals surface area contributed by atoms with Crippen LogP contribution in [0.1, 0.15) is 0 Å². The molecule has 0 radical (unpaired) electrons. The van der Waals surface area contributed by atoms with Crippen LogP contribution in [0.25, 0.3) is 32.9 Å². The van der Waals surface area contributed by atoms with Crippen molar-refractivity contribution in [1.82, 2.24) is 15.2 Å². The quantitative estimate of drug-likeness (QED) is 0.553. The molecule has 2 heterocycles. The molecular formula is C16H11N3O. The first-order valence-corrected chi connectivity index (χ1v) is 6.38. The monoisotopic (exact) mass is 261 g/mol. The molecule has 0 aliphatic heterocycles. The summed E-state index contributed by atoms with van der Waals surface area (Å²) < 4.78 is 0. The summed E-state index contributed by atoms with van der Waals surface area (Å²) in [5.74, 6) is 0. The third-order valence-electron chi connectivity index (χ3n) is 3.54. The molecule has 0 fully saturated rings. The number of fused-ring (bicyclic) bond motifs is 2. The average molecular weight is 261 g/mol. The van der Waals surface area contributed by atoms with Gasteiger partial charge in [0.2, 0.25) is 0 Å². The minimum atomic E-state index is -0.163. The summed E-state index contributed by atoms with van der Waals surface area (Å²) in [7, 11) is 0. The highest BCUT2D eigenvalue weighted by molar-refractivity contribution is 6.02. The van der Waals surface area contributed by atoms with Crippen molar-refractivity contribution >= 4 is 21.7 Å². The van der Waals surface area contributed by atoms with Gasteiger partial charge < -0.3 is 4.98 Å². The van der Waals surface area contributed by atoms with E-state index in [1.165, 1.54) is 0 Å². The third-order valence-corrected chi connectivity index (χ3v) is 3.54. The van der Waals surface area contributed by atoms with Crippen molar-refractivity contribution in [2.45, 2.75) is 0 Å². The summed E-state index contributed by atoms with van der Waals surface area (Å²) in [4.78, 5) is 15.1. The Labute approximate surface area is 114 Å². The van der Waals surface area contributed by atoms with Gasteiger partial charge in [-0.2, -0.15) is 5.10 Å². The van der Waals surface area contributed by atoms with Crippen molar-refractivity contribution in [3.05, 3.63) is 65.1 Å². The summed E-state index contributed by atoms with van der Waals surface area (Å²) in [6.07, 6.45) is 1.93. The van der Waals surface area contributed by atoms with Crippen LogP contribution >= 0.6 is 0 Å². The Hall–Kier alpha value is -2.88. The Kier molecular flexibility index (Phi) is 2.23. The zero-order chi connectivity index (χ0) is 13.5. The number of nitrogens with zero attached hydrogens (tertiary/aromatic N) is 1. The van der Waals surface area contributed by atoms with Crippen LogP contribution in [0.2, 0.25) is 0 Å². The Morgan fingerprint density at radius 2 is 1.55 bits per heavy atom. The highest BCUT2D eigenvalue weighted by atomic mass is 16.1. The lowest BCUT2D eigenvalue weighted by Gasteiger charge is -2.03. The number of hydrogen-bond donors (Lipinski definition) is 2. The molecule has 0 saturated carbocycles. The number of para-hydroxylation sites is 1. The number of nitrogens with one attached hydrogen (secondary N) is 2. The second-order valence-corrected chi connectivity index (χ2v) is 4.69. The molecule has 0 bridgehead atoms. The van der Waals surface area contributed by atoms with Gasteiger partial charge in [0.05, 0.1) is 5.39 Å². The largest absolute Gasteiger partial charge is 0.360 e. The number of benzene rings is 2. The van der Waals surface area contributed by atoms with E-state index >= 15 is 0 Å². The molecule has 0 saturated heterocycles. The van der Waals surface area contributed by atoms with Gasteiger partial charge in [0.15, 0.2) is 0 Å². The van der Waals surface area contributed by atoms with Gasteiger partial charge in [-0.3, -0.25) is 4.79 Å². The van der Waals surface area contributed by atoms with Crippen molar-refractivity contribution in [2.75, 3.05) is 0 Å². The molecule has 4 rings (SSSR count). The fourth-order valence-corrected chi connectivity index (χ4v) is 2.59. The smallest absolute Gasteiger partial charge is 0.272 e. The Morgan fingerprint density at radius 1 is 0.850 bits per heavy atom. The van der Waals surface area contributed by atoms with Crippen LogP contribution in [0.15, 0.2) is 59.5 Å². The molecule has 2 N–H and O–H groups in total. The lowest BCUT2D eigenvalue weighted by Crippen LogP contribution is -2.09. The van der Waals surface area contributed by atoms with Crippen molar-refractivity contribution in [3.63, 3.8) is 0 Å². The van der Waals surface area contributed by atoms with Crippen LogP contribution in [-0.2, 0) is 0 Å². The molecule has 0 atom stereocenters. The SMILES string of the molecule is O=c1[nH]nc(-c2c[nH]c3ccccc23)c2ccccc12. The standard InChI is InChI=1S/C16H11N3O/c20-16-12-7-2-1-6-11(12)15(18-19-16)13-9-17-14-8-4-3-5-10(13)14/h1-9,17H,(H,19,20). The van der Waals surface area contributed by atoms with Crippen molar-refractivity contribution < 1.29 is 0 Å². The maximum absolute atomic E-state index is 11.8. The third kappa shape index (κ3) is 1.48. The van der Waals surface area contributed by atoms with Crippen LogP contribution in [0, 0.1) is 0 Å². The van der Waals surface area contributed by atoms with Gasteiger partial charge in [0.25, 0.3) is 5.56 Å². The van der Waals surface area contributed by atoms with Crippen molar-refractivity contribution in [1.29, 1.82) is 0 Å². The molecule has 4 aromatic rings. The van der Waals surface area contributed by atoms with Gasteiger partial charge in [0, 0.05) is 28.0 Å². The van der Waals surface area contributed by atoms with Crippen LogP contribution in [0.4, 0.5) is 0 Å². The first-order chi connectivity index (χ1) is 9.84. The summed E-state index contributed by atoms with van der Waals surface area (Å²) in [5, 5.41) is 9.43. The molecule has 0 aliphatic carbocycles. The molecule has 0 amide bonds. The first-order valence-electron chi connectivity index (χ1n) is 6.38. The zero-order valence-electron chi connectivity index (χ0n) is 10.6. The van der Waals surface area contributed by atoms with E-state index in [1.807, 2.05) is 54.7 Å². The van der Waals surface area contributed by atoms with E-state index in [9.17, 15) is 4.79 Å². The van der Waals surface area contributed by atoms with E-state index in [0.29, 0.717) is 5.39 Å². The van der Waals surface area contributed by atoms with E-state index in [4.69, 9.17) is 0 Å². The molecule has 4 nitrogen and oxygen atoms in total. The van der Waals surface area contributed by atoms with Gasteiger partial charge in [-0.05, 0) is 12.1 Å². The van der Waals surface area contributed by atoms with Crippen molar-refractivity contribution in [2.24, 2.45) is 0 Å². The topological polar surface area (TPSA) is 61.5 Å². The molecule has 0 aliphatic rings. The second kappa shape index (κ2) is 4.06.